The lowest BCUT2D eigenvalue weighted by atomic mass is 10.0. The largest absolute Gasteiger partial charge is 0.278 e. The summed E-state index contributed by atoms with van der Waals surface area (Å²) in [5, 5.41) is 1.40. The van der Waals surface area contributed by atoms with Crippen molar-refractivity contribution < 1.29 is 4.79 Å². The first-order valence-corrected chi connectivity index (χ1v) is 11.1. The van der Waals surface area contributed by atoms with Crippen LogP contribution in [-0.2, 0) is 6.54 Å². The normalized spacial score (nSPS) is 11.2. The van der Waals surface area contributed by atoms with Gasteiger partial charge >= 0.3 is 0 Å². The standard InChI is InChI=1S/C23H19Cl2N3OS/c1-14(2)17-7-5-8-20-21(17)27-23(30-20)28(13-16-6-3-4-11-26-16)22(29)18-12-15(24)9-10-19(18)25/h3-12,14H,13H2,1-2H3. The maximum Gasteiger partial charge on any atom is 0.262 e. The minimum atomic E-state index is -0.265. The first kappa shape index (κ1) is 20.8. The van der Waals surface area contributed by atoms with Crippen LogP contribution >= 0.6 is 34.5 Å². The summed E-state index contributed by atoms with van der Waals surface area (Å²) in [6, 6.07) is 16.6. The molecule has 0 atom stereocenters. The zero-order valence-corrected chi connectivity index (χ0v) is 18.8. The number of hydrogen-bond donors (Lipinski definition) is 0. The predicted molar refractivity (Wildman–Crippen MR) is 125 cm³/mol. The van der Waals surface area contributed by atoms with Crippen molar-refractivity contribution in [3.63, 3.8) is 0 Å². The van der Waals surface area contributed by atoms with Gasteiger partial charge < -0.3 is 0 Å². The van der Waals surface area contributed by atoms with Crippen LogP contribution in [0.4, 0.5) is 5.13 Å². The summed E-state index contributed by atoms with van der Waals surface area (Å²) in [5.41, 5.74) is 3.17. The van der Waals surface area contributed by atoms with Gasteiger partial charge in [0.2, 0.25) is 0 Å². The van der Waals surface area contributed by atoms with Crippen LogP contribution in [-0.4, -0.2) is 15.9 Å². The van der Waals surface area contributed by atoms with Crippen molar-refractivity contribution in [1.29, 1.82) is 0 Å². The van der Waals surface area contributed by atoms with Crippen molar-refractivity contribution in [3.8, 4) is 0 Å². The number of aromatic nitrogens is 2. The van der Waals surface area contributed by atoms with Gasteiger partial charge in [-0.2, -0.15) is 0 Å². The van der Waals surface area contributed by atoms with Gasteiger partial charge in [0.15, 0.2) is 5.13 Å². The van der Waals surface area contributed by atoms with Gasteiger partial charge in [0.1, 0.15) is 0 Å². The molecule has 0 N–H and O–H groups in total. The topological polar surface area (TPSA) is 46.1 Å². The van der Waals surface area contributed by atoms with Gasteiger partial charge in [-0.3, -0.25) is 14.7 Å². The molecule has 0 saturated heterocycles. The van der Waals surface area contributed by atoms with E-state index in [1.807, 2.05) is 30.3 Å². The minimum absolute atomic E-state index is 0.265. The molecule has 0 unspecified atom stereocenters. The number of amides is 1. The maximum absolute atomic E-state index is 13.5. The molecule has 30 heavy (non-hydrogen) atoms. The van der Waals surface area contributed by atoms with Crippen molar-refractivity contribution in [2.24, 2.45) is 0 Å². The highest BCUT2D eigenvalue weighted by Crippen LogP contribution is 2.35. The van der Waals surface area contributed by atoms with E-state index in [2.05, 4.69) is 24.9 Å². The molecular formula is C23H19Cl2N3OS. The first-order chi connectivity index (χ1) is 14.4. The van der Waals surface area contributed by atoms with Gasteiger partial charge in [-0.1, -0.05) is 66.6 Å². The molecule has 0 bridgehead atoms. The van der Waals surface area contributed by atoms with Crippen LogP contribution in [0, 0.1) is 0 Å². The molecule has 0 aliphatic rings. The third-order valence-electron chi connectivity index (χ3n) is 4.74. The quantitative estimate of drug-likeness (QED) is 0.326. The maximum atomic E-state index is 13.5. The molecule has 4 nitrogen and oxygen atoms in total. The van der Waals surface area contributed by atoms with E-state index in [0.29, 0.717) is 26.7 Å². The molecule has 2 heterocycles. The third-order valence-corrected chi connectivity index (χ3v) is 6.35. The zero-order valence-electron chi connectivity index (χ0n) is 16.5. The van der Waals surface area contributed by atoms with Gasteiger partial charge in [-0.25, -0.2) is 4.98 Å². The summed E-state index contributed by atoms with van der Waals surface area (Å²) in [6.07, 6.45) is 1.71. The van der Waals surface area contributed by atoms with Crippen LogP contribution in [0.1, 0.15) is 41.4 Å². The van der Waals surface area contributed by atoms with Gasteiger partial charge in [-0.05, 0) is 47.9 Å². The molecule has 4 aromatic rings. The average Bonchev–Trinajstić information content (AvgIpc) is 3.17. The molecule has 4 rings (SSSR count). The number of thiazole rings is 1. The predicted octanol–water partition coefficient (Wildman–Crippen LogP) is 6.97. The number of rotatable bonds is 5. The number of carbonyl (C=O) groups excluding carboxylic acids is 1. The minimum Gasteiger partial charge on any atom is -0.278 e. The number of benzene rings is 2. The van der Waals surface area contributed by atoms with Crippen LogP contribution in [0.25, 0.3) is 10.2 Å². The Morgan fingerprint density at radius 1 is 1.10 bits per heavy atom. The number of fused-ring (bicyclic) bond motifs is 1. The second-order valence-electron chi connectivity index (χ2n) is 7.18. The Morgan fingerprint density at radius 2 is 1.93 bits per heavy atom. The van der Waals surface area contributed by atoms with Gasteiger partial charge in [0, 0.05) is 11.2 Å². The highest BCUT2D eigenvalue weighted by atomic mass is 35.5. The number of carbonyl (C=O) groups is 1. The molecule has 2 aromatic heterocycles. The van der Waals surface area contributed by atoms with Crippen molar-refractivity contribution in [2.45, 2.75) is 26.3 Å². The van der Waals surface area contributed by atoms with Crippen molar-refractivity contribution >= 4 is 55.8 Å². The Labute approximate surface area is 189 Å². The van der Waals surface area contributed by atoms with Crippen molar-refractivity contribution in [2.75, 3.05) is 4.90 Å². The van der Waals surface area contributed by atoms with E-state index in [1.165, 1.54) is 11.3 Å². The lowest BCUT2D eigenvalue weighted by Gasteiger charge is -2.20. The molecule has 0 fully saturated rings. The molecule has 0 spiro atoms. The molecule has 2 aromatic carbocycles. The summed E-state index contributed by atoms with van der Waals surface area (Å²) < 4.78 is 1.03. The third kappa shape index (κ3) is 4.19. The van der Waals surface area contributed by atoms with E-state index < -0.39 is 0 Å². The van der Waals surface area contributed by atoms with Gasteiger partial charge in [-0.15, -0.1) is 0 Å². The highest BCUT2D eigenvalue weighted by molar-refractivity contribution is 7.22. The molecule has 7 heteroatoms. The van der Waals surface area contributed by atoms with Crippen LogP contribution in [0.5, 0.6) is 0 Å². The van der Waals surface area contributed by atoms with E-state index >= 15 is 0 Å². The second kappa shape index (κ2) is 8.72. The fourth-order valence-electron chi connectivity index (χ4n) is 3.23. The van der Waals surface area contributed by atoms with E-state index in [0.717, 1.165) is 21.5 Å². The molecule has 0 aliphatic heterocycles. The van der Waals surface area contributed by atoms with Crippen LogP contribution in [0.15, 0.2) is 60.8 Å². The molecule has 0 radical (unpaired) electrons. The summed E-state index contributed by atoms with van der Waals surface area (Å²) in [5.74, 6) is 0.0595. The zero-order chi connectivity index (χ0) is 21.3. The number of pyridine rings is 1. The van der Waals surface area contributed by atoms with Gasteiger partial charge in [0.25, 0.3) is 5.91 Å². The number of para-hydroxylation sites is 1. The number of halogens is 2. The molecule has 0 aliphatic carbocycles. The summed E-state index contributed by atoms with van der Waals surface area (Å²) in [7, 11) is 0. The first-order valence-electron chi connectivity index (χ1n) is 9.50. The molecular weight excluding hydrogens is 437 g/mol. The fourth-order valence-corrected chi connectivity index (χ4v) is 4.59. The smallest absolute Gasteiger partial charge is 0.262 e. The Hall–Kier alpha value is -2.47. The molecule has 0 saturated carbocycles. The van der Waals surface area contributed by atoms with E-state index in [9.17, 15) is 4.79 Å². The van der Waals surface area contributed by atoms with Crippen molar-refractivity contribution in [1.82, 2.24) is 9.97 Å². The van der Waals surface area contributed by atoms with E-state index in [-0.39, 0.29) is 12.5 Å². The lowest BCUT2D eigenvalue weighted by molar-refractivity contribution is 0.0985. The Bertz CT molecular complexity index is 1210. The van der Waals surface area contributed by atoms with E-state index in [4.69, 9.17) is 28.2 Å². The summed E-state index contributed by atoms with van der Waals surface area (Å²) in [4.78, 5) is 24.4. The number of nitrogens with zero attached hydrogens (tertiary/aromatic N) is 3. The Kier molecular flexibility index (Phi) is 6.04. The SMILES string of the molecule is CC(C)c1cccc2sc(N(Cc3ccccn3)C(=O)c3cc(Cl)ccc3Cl)nc12. The summed E-state index contributed by atoms with van der Waals surface area (Å²) >= 11 is 13.9. The molecule has 1 amide bonds. The average molecular weight is 456 g/mol. The van der Waals surface area contributed by atoms with Crippen molar-refractivity contribution in [3.05, 3.63) is 87.7 Å². The monoisotopic (exact) mass is 455 g/mol. The number of anilines is 1. The second-order valence-corrected chi connectivity index (χ2v) is 9.03. The van der Waals surface area contributed by atoms with Crippen LogP contribution in [0.3, 0.4) is 0 Å². The lowest BCUT2D eigenvalue weighted by Crippen LogP contribution is -2.31. The van der Waals surface area contributed by atoms with Crippen LogP contribution < -0.4 is 4.90 Å². The van der Waals surface area contributed by atoms with E-state index in [1.54, 1.807) is 29.3 Å². The Balaban J connectivity index is 1.83. The van der Waals surface area contributed by atoms with Crippen LogP contribution in [0.2, 0.25) is 10.0 Å². The molecule has 152 valence electrons. The summed E-state index contributed by atoms with van der Waals surface area (Å²) in [6.45, 7) is 4.55. The fraction of sp³-hybridized carbons (Fsp3) is 0.174. The Morgan fingerprint density at radius 3 is 2.67 bits per heavy atom. The number of hydrogen-bond acceptors (Lipinski definition) is 4. The highest BCUT2D eigenvalue weighted by Gasteiger charge is 2.25. The van der Waals surface area contributed by atoms with Gasteiger partial charge in [0.05, 0.1) is 33.0 Å².